The van der Waals surface area contributed by atoms with E-state index in [9.17, 15) is 9.59 Å². The number of carbonyl (C=O) groups excluding carboxylic acids is 2. The maximum absolute atomic E-state index is 13.5. The van der Waals surface area contributed by atoms with Crippen LogP contribution in [-0.2, 0) is 16.6 Å². The van der Waals surface area contributed by atoms with Gasteiger partial charge >= 0.3 is 0 Å². The van der Waals surface area contributed by atoms with Gasteiger partial charge in [0.2, 0.25) is 5.91 Å². The number of hydrogen-bond acceptors (Lipinski definition) is 6. The first kappa shape index (κ1) is 34.3. The summed E-state index contributed by atoms with van der Waals surface area (Å²) >= 11 is 1.49. The second kappa shape index (κ2) is 16.2. The normalized spacial score (nSPS) is 13.8. The number of unbranched alkanes of at least 4 members (excludes halogenated alkanes) is 4. The van der Waals surface area contributed by atoms with Crippen molar-refractivity contribution < 1.29 is 14.3 Å². The van der Waals surface area contributed by atoms with E-state index in [1.807, 2.05) is 78.0 Å². The number of aromatic nitrogens is 2. The molecule has 47 heavy (non-hydrogen) atoms. The molecule has 0 radical (unpaired) electrons. The number of nitrogens with zero attached hydrogens (tertiary/aromatic N) is 3. The Morgan fingerprint density at radius 1 is 0.851 bits per heavy atom. The van der Waals surface area contributed by atoms with Gasteiger partial charge in [-0.3, -0.25) is 9.59 Å². The highest BCUT2D eigenvalue weighted by Gasteiger charge is 2.29. The summed E-state index contributed by atoms with van der Waals surface area (Å²) in [6, 6.07) is 19.3. The number of thiophene rings is 1. The third-order valence-corrected chi connectivity index (χ3v) is 10.1. The maximum atomic E-state index is 13.5. The monoisotopic (exact) mass is 652 g/mol. The van der Waals surface area contributed by atoms with E-state index < -0.39 is 6.04 Å². The lowest BCUT2D eigenvalue weighted by Gasteiger charge is -2.24. The van der Waals surface area contributed by atoms with E-state index in [0.717, 1.165) is 71.8 Å². The zero-order valence-electron chi connectivity index (χ0n) is 28.3. The average molecular weight is 653 g/mol. The minimum absolute atomic E-state index is 0.0200. The Morgan fingerprint density at radius 3 is 2.15 bits per heavy atom. The van der Waals surface area contributed by atoms with Crippen molar-refractivity contribution in [2.45, 2.75) is 90.5 Å². The first-order valence-corrected chi connectivity index (χ1v) is 17.9. The van der Waals surface area contributed by atoms with Gasteiger partial charge in [0.15, 0.2) is 5.82 Å². The number of rotatable bonds is 14. The lowest BCUT2D eigenvalue weighted by atomic mass is 9.95. The molecule has 1 atom stereocenters. The molecule has 0 bridgehead atoms. The molecule has 2 aromatic carbocycles. The Morgan fingerprint density at radius 2 is 1.51 bits per heavy atom. The van der Waals surface area contributed by atoms with Crippen molar-refractivity contribution in [3.63, 3.8) is 0 Å². The number of benzene rings is 2. The van der Waals surface area contributed by atoms with Crippen molar-refractivity contribution >= 4 is 23.2 Å². The summed E-state index contributed by atoms with van der Waals surface area (Å²) in [5.41, 5.74) is 3.80. The van der Waals surface area contributed by atoms with Gasteiger partial charge < -0.3 is 15.0 Å². The van der Waals surface area contributed by atoms with Crippen LogP contribution < -0.4 is 10.1 Å². The predicted molar refractivity (Wildman–Crippen MR) is 191 cm³/mol. The third-order valence-electron chi connectivity index (χ3n) is 8.60. The fourth-order valence-corrected chi connectivity index (χ4v) is 6.71. The smallest absolute Gasteiger partial charge is 0.262 e. The minimum atomic E-state index is -0.634. The summed E-state index contributed by atoms with van der Waals surface area (Å²) in [4.78, 5) is 39.7. The summed E-state index contributed by atoms with van der Waals surface area (Å²) in [5.74, 6) is 1.29. The molecule has 1 fully saturated rings. The van der Waals surface area contributed by atoms with Gasteiger partial charge in [-0.05, 0) is 60.1 Å². The first-order valence-electron chi connectivity index (χ1n) is 17.1. The number of amides is 2. The highest BCUT2D eigenvalue weighted by molar-refractivity contribution is 7.14. The van der Waals surface area contributed by atoms with Crippen molar-refractivity contribution in [3.05, 3.63) is 88.4 Å². The molecule has 5 rings (SSSR count). The molecule has 0 unspecified atom stereocenters. The van der Waals surface area contributed by atoms with E-state index in [4.69, 9.17) is 4.74 Å². The van der Waals surface area contributed by atoms with Crippen LogP contribution in [0.3, 0.4) is 0 Å². The second-order valence-electron chi connectivity index (χ2n) is 13.5. The summed E-state index contributed by atoms with van der Waals surface area (Å²) in [7, 11) is 0. The topological polar surface area (TPSA) is 84.4 Å². The van der Waals surface area contributed by atoms with E-state index in [1.165, 1.54) is 37.0 Å². The Balaban J connectivity index is 1.20. The lowest BCUT2D eigenvalue weighted by Crippen LogP contribution is -2.48. The predicted octanol–water partition coefficient (Wildman–Crippen LogP) is 8.48. The molecule has 0 spiro atoms. The van der Waals surface area contributed by atoms with Crippen molar-refractivity contribution in [3.8, 4) is 28.3 Å². The molecule has 2 aromatic heterocycles. The summed E-state index contributed by atoms with van der Waals surface area (Å²) in [6.07, 6.45) is 12.2. The number of ether oxygens (including phenoxy) is 1. The molecular weight excluding hydrogens is 605 g/mol. The van der Waals surface area contributed by atoms with Gasteiger partial charge in [-0.25, -0.2) is 9.97 Å². The van der Waals surface area contributed by atoms with Gasteiger partial charge in [0.1, 0.15) is 11.8 Å². The van der Waals surface area contributed by atoms with Crippen LogP contribution in [0.15, 0.2) is 73.1 Å². The van der Waals surface area contributed by atoms with Gasteiger partial charge in [0.25, 0.3) is 5.91 Å². The Kier molecular flexibility index (Phi) is 11.8. The molecule has 248 valence electrons. The molecular formula is C39H48N4O3S. The van der Waals surface area contributed by atoms with Crippen LogP contribution in [0.4, 0.5) is 0 Å². The van der Waals surface area contributed by atoms with Crippen LogP contribution in [-0.4, -0.2) is 52.4 Å². The quantitative estimate of drug-likeness (QED) is 0.138. The highest BCUT2D eigenvalue weighted by Crippen LogP contribution is 2.30. The Labute approximate surface area is 283 Å². The van der Waals surface area contributed by atoms with E-state index >= 15 is 0 Å². The zero-order chi connectivity index (χ0) is 33.2. The van der Waals surface area contributed by atoms with Crippen LogP contribution in [0.1, 0.15) is 92.8 Å². The molecule has 1 aliphatic rings. The number of nitrogens with one attached hydrogen (secondary N) is 1. The van der Waals surface area contributed by atoms with Crippen LogP contribution in [0.5, 0.6) is 5.75 Å². The van der Waals surface area contributed by atoms with E-state index in [-0.39, 0.29) is 17.2 Å². The van der Waals surface area contributed by atoms with Gasteiger partial charge in [0.05, 0.1) is 11.5 Å². The Bertz CT molecular complexity index is 1590. The minimum Gasteiger partial charge on any atom is -0.494 e. The highest BCUT2D eigenvalue weighted by atomic mass is 32.1. The average Bonchev–Trinajstić information content (AvgIpc) is 3.80. The number of carbonyl (C=O) groups is 2. The van der Waals surface area contributed by atoms with Gasteiger partial charge in [-0.1, -0.05) is 89.8 Å². The maximum Gasteiger partial charge on any atom is 0.262 e. The molecule has 1 aliphatic heterocycles. The molecule has 8 heteroatoms. The molecule has 3 heterocycles. The molecule has 4 aromatic rings. The van der Waals surface area contributed by atoms with Gasteiger partial charge in [0, 0.05) is 47.9 Å². The van der Waals surface area contributed by atoms with Crippen molar-refractivity contribution in [2.75, 3.05) is 19.7 Å². The molecule has 0 saturated carbocycles. The molecule has 1 N–H and O–H groups in total. The van der Waals surface area contributed by atoms with Gasteiger partial charge in [-0.2, -0.15) is 0 Å². The van der Waals surface area contributed by atoms with E-state index in [0.29, 0.717) is 17.1 Å². The fourth-order valence-electron chi connectivity index (χ4n) is 5.74. The van der Waals surface area contributed by atoms with Crippen LogP contribution in [0, 0.1) is 0 Å². The van der Waals surface area contributed by atoms with Crippen molar-refractivity contribution in [1.82, 2.24) is 20.2 Å². The summed E-state index contributed by atoms with van der Waals surface area (Å²) < 4.78 is 5.90. The third kappa shape index (κ3) is 9.50. The zero-order valence-corrected chi connectivity index (χ0v) is 29.1. The Hall–Kier alpha value is -4.04. The largest absolute Gasteiger partial charge is 0.494 e. The number of hydrogen-bond donors (Lipinski definition) is 1. The van der Waals surface area contributed by atoms with E-state index in [2.05, 4.69) is 43.0 Å². The molecule has 0 aliphatic carbocycles. The molecule has 1 saturated heterocycles. The van der Waals surface area contributed by atoms with Crippen molar-refractivity contribution in [2.24, 2.45) is 0 Å². The van der Waals surface area contributed by atoms with Crippen LogP contribution >= 0.6 is 11.3 Å². The SMILES string of the molecule is CCCCCCCOc1ccc(-c2cnc(-c3ccc(C[C@H](NC(=O)c4ccc(C(C)(C)C)s4)C(=O)N4CCCC4)cc3)nc2)cc1. The fraction of sp³-hybridized carbons (Fsp3) is 0.436. The van der Waals surface area contributed by atoms with Crippen LogP contribution in [0.25, 0.3) is 22.5 Å². The number of likely N-dealkylation sites (tertiary alicyclic amines) is 1. The first-order chi connectivity index (χ1) is 22.7. The standard InChI is InChI=1S/C39H48N4O3S/c1-5-6-7-8-11-24-46-32-18-16-29(17-19-32)31-26-40-36(41-27-31)30-14-12-28(13-15-30)25-33(38(45)43-22-9-10-23-43)42-37(44)34-20-21-35(47-34)39(2,3)4/h12-21,26-27,33H,5-11,22-25H2,1-4H3,(H,42,44)/t33-/m0/s1. The summed E-state index contributed by atoms with van der Waals surface area (Å²) in [6.45, 7) is 10.9. The van der Waals surface area contributed by atoms with Crippen LogP contribution in [0.2, 0.25) is 0 Å². The summed E-state index contributed by atoms with van der Waals surface area (Å²) in [5, 5.41) is 3.06. The molecule has 7 nitrogen and oxygen atoms in total. The van der Waals surface area contributed by atoms with E-state index in [1.54, 1.807) is 0 Å². The molecule has 2 amide bonds. The lowest BCUT2D eigenvalue weighted by molar-refractivity contribution is -0.132. The van der Waals surface area contributed by atoms with Gasteiger partial charge in [-0.15, -0.1) is 11.3 Å². The van der Waals surface area contributed by atoms with Crippen molar-refractivity contribution in [1.29, 1.82) is 0 Å². The second-order valence-corrected chi connectivity index (χ2v) is 14.5.